The van der Waals surface area contributed by atoms with E-state index in [0.717, 1.165) is 13.1 Å². The Labute approximate surface area is 104 Å². The number of hydrogen-bond donors (Lipinski definition) is 1. The van der Waals surface area contributed by atoms with Crippen LogP contribution in [0.1, 0.15) is 38.8 Å². The van der Waals surface area contributed by atoms with E-state index in [4.69, 9.17) is 5.73 Å². The van der Waals surface area contributed by atoms with E-state index in [2.05, 4.69) is 42.8 Å². The van der Waals surface area contributed by atoms with Crippen molar-refractivity contribution in [1.29, 1.82) is 0 Å². The molecule has 1 aliphatic rings. The first-order valence-corrected chi connectivity index (χ1v) is 6.39. The molecule has 0 bridgehead atoms. The van der Waals surface area contributed by atoms with Gasteiger partial charge in [0.05, 0.1) is 0 Å². The molecular weight excluding hydrogens is 210 g/mol. The highest BCUT2D eigenvalue weighted by atomic mass is 15.2. The molecule has 1 saturated heterocycles. The smallest absolute Gasteiger partial charge is 0.0497 e. The highest BCUT2D eigenvalue weighted by molar-refractivity contribution is 5.17. The van der Waals surface area contributed by atoms with Crippen LogP contribution in [-0.2, 0) is 0 Å². The minimum atomic E-state index is 0.145. The van der Waals surface area contributed by atoms with Crippen molar-refractivity contribution in [3.8, 4) is 0 Å². The average molecular weight is 233 g/mol. The quantitative estimate of drug-likeness (QED) is 0.870. The summed E-state index contributed by atoms with van der Waals surface area (Å²) in [6.07, 6.45) is 4.96. The fraction of sp³-hybridized carbons (Fsp3) is 0.643. The van der Waals surface area contributed by atoms with Gasteiger partial charge in [-0.1, -0.05) is 13.8 Å². The predicted molar refractivity (Wildman–Crippen MR) is 70.6 cm³/mol. The predicted octanol–water partition coefficient (Wildman–Crippen LogP) is 2.20. The second kappa shape index (κ2) is 4.75. The molecular formula is C14H23N3. The van der Waals surface area contributed by atoms with E-state index < -0.39 is 0 Å². The molecule has 17 heavy (non-hydrogen) atoms. The van der Waals surface area contributed by atoms with Crippen LogP contribution >= 0.6 is 0 Å². The van der Waals surface area contributed by atoms with E-state index in [0.29, 0.717) is 11.5 Å². The number of nitrogens with zero attached hydrogens (tertiary/aromatic N) is 2. The molecule has 2 N–H and O–H groups in total. The van der Waals surface area contributed by atoms with Crippen molar-refractivity contribution in [2.75, 3.05) is 13.1 Å². The van der Waals surface area contributed by atoms with Crippen LogP contribution in [0.2, 0.25) is 0 Å². The van der Waals surface area contributed by atoms with Gasteiger partial charge in [-0.25, -0.2) is 0 Å². The Balaban J connectivity index is 2.20. The Hall–Kier alpha value is -0.930. The van der Waals surface area contributed by atoms with Gasteiger partial charge in [-0.15, -0.1) is 0 Å². The number of aromatic nitrogens is 1. The number of likely N-dealkylation sites (tertiary alicyclic amines) is 1. The molecule has 0 spiro atoms. The minimum absolute atomic E-state index is 0.145. The maximum atomic E-state index is 6.18. The standard InChI is InChI=1S/C14H23N3/c1-11(15)13(12-4-7-16-8-5-12)17-9-6-14(2,3)10-17/h4-5,7-8,11,13H,6,9-10,15H2,1-3H3. The summed E-state index contributed by atoms with van der Waals surface area (Å²) in [7, 11) is 0. The highest BCUT2D eigenvalue weighted by Gasteiger charge is 2.35. The molecule has 2 atom stereocenters. The van der Waals surface area contributed by atoms with Crippen LogP contribution in [0.25, 0.3) is 0 Å². The van der Waals surface area contributed by atoms with Crippen LogP contribution in [0.15, 0.2) is 24.5 Å². The van der Waals surface area contributed by atoms with E-state index in [1.807, 2.05) is 12.4 Å². The van der Waals surface area contributed by atoms with Gasteiger partial charge >= 0.3 is 0 Å². The summed E-state index contributed by atoms with van der Waals surface area (Å²) >= 11 is 0. The van der Waals surface area contributed by atoms with E-state index in [1.54, 1.807) is 0 Å². The lowest BCUT2D eigenvalue weighted by Crippen LogP contribution is -2.39. The fourth-order valence-corrected chi connectivity index (χ4v) is 2.80. The Morgan fingerprint density at radius 3 is 2.47 bits per heavy atom. The van der Waals surface area contributed by atoms with E-state index in [9.17, 15) is 0 Å². The third-order valence-corrected chi connectivity index (χ3v) is 3.65. The van der Waals surface area contributed by atoms with E-state index >= 15 is 0 Å². The summed E-state index contributed by atoms with van der Waals surface area (Å²) in [5.74, 6) is 0. The minimum Gasteiger partial charge on any atom is -0.326 e. The first kappa shape index (κ1) is 12.5. The summed E-state index contributed by atoms with van der Waals surface area (Å²) in [5.41, 5.74) is 7.88. The van der Waals surface area contributed by atoms with Crippen molar-refractivity contribution in [2.45, 2.75) is 39.3 Å². The summed E-state index contributed by atoms with van der Waals surface area (Å²) in [4.78, 5) is 6.60. The zero-order chi connectivity index (χ0) is 12.5. The van der Waals surface area contributed by atoms with Gasteiger partial charge in [0, 0.05) is 31.0 Å². The topological polar surface area (TPSA) is 42.1 Å². The Morgan fingerprint density at radius 2 is 2.00 bits per heavy atom. The normalized spacial score (nSPS) is 23.5. The zero-order valence-electron chi connectivity index (χ0n) is 11.1. The molecule has 3 nitrogen and oxygen atoms in total. The van der Waals surface area contributed by atoms with Crippen molar-refractivity contribution in [3.63, 3.8) is 0 Å². The Morgan fingerprint density at radius 1 is 1.35 bits per heavy atom. The summed E-state index contributed by atoms with van der Waals surface area (Å²) in [5, 5.41) is 0. The van der Waals surface area contributed by atoms with Crippen LogP contribution in [0.5, 0.6) is 0 Å². The van der Waals surface area contributed by atoms with Gasteiger partial charge in [-0.05, 0) is 43.0 Å². The number of hydrogen-bond acceptors (Lipinski definition) is 3. The van der Waals surface area contributed by atoms with Gasteiger partial charge in [0.15, 0.2) is 0 Å². The van der Waals surface area contributed by atoms with Gasteiger partial charge < -0.3 is 5.73 Å². The first-order chi connectivity index (χ1) is 7.99. The average Bonchev–Trinajstić information content (AvgIpc) is 2.60. The number of nitrogens with two attached hydrogens (primary N) is 1. The fourth-order valence-electron chi connectivity index (χ4n) is 2.80. The molecule has 0 radical (unpaired) electrons. The Kier molecular flexibility index (Phi) is 3.50. The molecule has 94 valence electrons. The molecule has 0 amide bonds. The largest absolute Gasteiger partial charge is 0.326 e. The SMILES string of the molecule is CC(N)C(c1ccncc1)N1CCC(C)(C)C1. The highest BCUT2D eigenvalue weighted by Crippen LogP contribution is 2.35. The molecule has 2 unspecified atom stereocenters. The van der Waals surface area contributed by atoms with Crippen molar-refractivity contribution >= 4 is 0 Å². The van der Waals surface area contributed by atoms with Crippen molar-refractivity contribution < 1.29 is 0 Å². The summed E-state index contributed by atoms with van der Waals surface area (Å²) in [6.45, 7) is 9.02. The van der Waals surface area contributed by atoms with E-state index in [1.165, 1.54) is 12.0 Å². The molecule has 0 aromatic carbocycles. The van der Waals surface area contributed by atoms with Crippen molar-refractivity contribution in [3.05, 3.63) is 30.1 Å². The lowest BCUT2D eigenvalue weighted by atomic mass is 9.93. The van der Waals surface area contributed by atoms with Gasteiger partial charge in [-0.2, -0.15) is 0 Å². The molecule has 0 aliphatic carbocycles. The number of pyridine rings is 1. The second-order valence-electron chi connectivity index (χ2n) is 5.97. The molecule has 1 aromatic heterocycles. The third kappa shape index (κ3) is 2.85. The molecule has 2 rings (SSSR count). The lowest BCUT2D eigenvalue weighted by molar-refractivity contribution is 0.197. The van der Waals surface area contributed by atoms with Crippen LogP contribution in [0.4, 0.5) is 0 Å². The zero-order valence-corrected chi connectivity index (χ0v) is 11.1. The lowest BCUT2D eigenvalue weighted by Gasteiger charge is -2.32. The van der Waals surface area contributed by atoms with Gasteiger partial charge in [-0.3, -0.25) is 9.88 Å². The maximum Gasteiger partial charge on any atom is 0.0497 e. The molecule has 3 heteroatoms. The molecule has 1 fully saturated rings. The molecule has 1 aliphatic heterocycles. The van der Waals surface area contributed by atoms with Crippen LogP contribution in [-0.4, -0.2) is 29.0 Å². The number of rotatable bonds is 3. The van der Waals surface area contributed by atoms with Gasteiger partial charge in [0.25, 0.3) is 0 Å². The third-order valence-electron chi connectivity index (χ3n) is 3.65. The van der Waals surface area contributed by atoms with Crippen LogP contribution in [0.3, 0.4) is 0 Å². The van der Waals surface area contributed by atoms with Gasteiger partial charge in [0.1, 0.15) is 0 Å². The molecule has 0 saturated carbocycles. The van der Waals surface area contributed by atoms with E-state index in [-0.39, 0.29) is 6.04 Å². The second-order valence-corrected chi connectivity index (χ2v) is 5.97. The first-order valence-electron chi connectivity index (χ1n) is 6.39. The maximum absolute atomic E-state index is 6.18. The monoisotopic (exact) mass is 233 g/mol. The Bertz CT molecular complexity index is 359. The molecule has 2 heterocycles. The molecule has 1 aromatic rings. The van der Waals surface area contributed by atoms with Gasteiger partial charge in [0.2, 0.25) is 0 Å². The van der Waals surface area contributed by atoms with Crippen molar-refractivity contribution in [2.24, 2.45) is 11.1 Å². The summed E-state index contributed by atoms with van der Waals surface area (Å²) in [6, 6.07) is 4.63. The van der Waals surface area contributed by atoms with Crippen LogP contribution < -0.4 is 5.73 Å². The van der Waals surface area contributed by atoms with Crippen LogP contribution in [0, 0.1) is 5.41 Å². The van der Waals surface area contributed by atoms with Crippen molar-refractivity contribution in [1.82, 2.24) is 9.88 Å². The summed E-state index contributed by atoms with van der Waals surface area (Å²) < 4.78 is 0.